The van der Waals surface area contributed by atoms with E-state index in [1.165, 1.54) is 0 Å². The van der Waals surface area contributed by atoms with Crippen molar-refractivity contribution in [2.24, 2.45) is 0 Å². The lowest BCUT2D eigenvalue weighted by atomic mass is 10.1. The molecule has 1 aromatic carbocycles. The van der Waals surface area contributed by atoms with Crippen molar-refractivity contribution in [3.63, 3.8) is 0 Å². The average molecular weight is 317 g/mol. The third-order valence-corrected chi connectivity index (χ3v) is 2.80. The first-order chi connectivity index (χ1) is 8.54. The van der Waals surface area contributed by atoms with E-state index < -0.39 is 11.9 Å². The molecule has 0 aromatic heterocycles. The Balaban J connectivity index is 2.78. The molecule has 0 saturated heterocycles. The zero-order valence-corrected chi connectivity index (χ0v) is 11.4. The van der Waals surface area contributed by atoms with Crippen LogP contribution in [-0.4, -0.2) is 30.3 Å². The number of carboxylic acids is 1. The molecule has 0 saturated carbocycles. The molecule has 0 heterocycles. The maximum Gasteiger partial charge on any atom is 0.344 e. The van der Waals surface area contributed by atoms with E-state index >= 15 is 0 Å². The van der Waals surface area contributed by atoms with Gasteiger partial charge < -0.3 is 14.6 Å². The quantitative estimate of drug-likeness (QED) is 0.813. The lowest BCUT2D eigenvalue weighted by Crippen LogP contribution is -2.15. The topological polar surface area (TPSA) is 72.8 Å². The van der Waals surface area contributed by atoms with E-state index in [-0.39, 0.29) is 19.6 Å². The minimum absolute atomic E-state index is 0.181. The molecule has 0 bridgehead atoms. The van der Waals surface area contributed by atoms with Gasteiger partial charge in [-0.2, -0.15) is 0 Å². The van der Waals surface area contributed by atoms with E-state index in [1.54, 1.807) is 25.1 Å². The highest BCUT2D eigenvalue weighted by Gasteiger charge is 2.13. The molecule has 0 spiro atoms. The summed E-state index contributed by atoms with van der Waals surface area (Å²) in [5.41, 5.74) is 0.495. The largest absolute Gasteiger partial charge is 0.482 e. The number of ether oxygens (including phenoxy) is 2. The van der Waals surface area contributed by atoms with Crippen molar-refractivity contribution in [3.8, 4) is 5.75 Å². The van der Waals surface area contributed by atoms with Gasteiger partial charge in [0.05, 0.1) is 13.0 Å². The predicted octanol–water partition coefficient (Wildman–Crippen LogP) is 2.02. The van der Waals surface area contributed by atoms with E-state index in [0.29, 0.717) is 15.8 Å². The Hall–Kier alpha value is -1.56. The third-order valence-electron chi connectivity index (χ3n) is 2.05. The molecule has 1 aromatic rings. The standard InChI is InChI=1S/C12H13BrO5/c1-2-17-12(16)7-18-10-5-3-4-9(13)8(10)6-11(14)15/h3-5H,2,6-7H2,1H3,(H,14,15). The van der Waals surface area contributed by atoms with Crippen LogP contribution in [0.25, 0.3) is 0 Å². The number of benzene rings is 1. The number of hydrogen-bond acceptors (Lipinski definition) is 4. The molecule has 5 nitrogen and oxygen atoms in total. The smallest absolute Gasteiger partial charge is 0.344 e. The van der Waals surface area contributed by atoms with E-state index in [0.717, 1.165) is 0 Å². The van der Waals surface area contributed by atoms with Crippen LogP contribution in [-0.2, 0) is 20.7 Å². The molecule has 0 radical (unpaired) electrons. The van der Waals surface area contributed by atoms with Crippen LogP contribution in [0.5, 0.6) is 5.75 Å². The van der Waals surface area contributed by atoms with Gasteiger partial charge in [0.2, 0.25) is 0 Å². The molecule has 18 heavy (non-hydrogen) atoms. The van der Waals surface area contributed by atoms with Gasteiger partial charge in [0.1, 0.15) is 5.75 Å². The predicted molar refractivity (Wildman–Crippen MR) is 67.6 cm³/mol. The molecule has 0 aliphatic rings. The van der Waals surface area contributed by atoms with E-state index in [1.807, 2.05) is 0 Å². The van der Waals surface area contributed by atoms with Crippen LogP contribution < -0.4 is 4.74 Å². The Morgan fingerprint density at radius 3 is 2.72 bits per heavy atom. The van der Waals surface area contributed by atoms with Crippen molar-refractivity contribution in [1.82, 2.24) is 0 Å². The van der Waals surface area contributed by atoms with Crippen LogP contribution in [0.3, 0.4) is 0 Å². The highest BCUT2D eigenvalue weighted by molar-refractivity contribution is 9.10. The summed E-state index contributed by atoms with van der Waals surface area (Å²) < 4.78 is 10.6. The second-order valence-corrected chi connectivity index (χ2v) is 4.24. The molecule has 0 aliphatic carbocycles. The summed E-state index contributed by atoms with van der Waals surface area (Å²) in [6.45, 7) is 1.74. The van der Waals surface area contributed by atoms with Gasteiger partial charge >= 0.3 is 11.9 Å². The van der Waals surface area contributed by atoms with Crippen LogP contribution in [0.4, 0.5) is 0 Å². The fraction of sp³-hybridized carbons (Fsp3) is 0.333. The normalized spacial score (nSPS) is 9.89. The summed E-state index contributed by atoms with van der Waals surface area (Å²) in [5.74, 6) is -1.10. The van der Waals surface area contributed by atoms with Gasteiger partial charge in [-0.3, -0.25) is 4.79 Å². The van der Waals surface area contributed by atoms with Crippen molar-refractivity contribution >= 4 is 27.9 Å². The lowest BCUT2D eigenvalue weighted by molar-refractivity contribution is -0.145. The fourth-order valence-corrected chi connectivity index (χ4v) is 1.82. The van der Waals surface area contributed by atoms with Crippen LogP contribution in [0.1, 0.15) is 12.5 Å². The molecule has 0 unspecified atom stereocenters. The number of rotatable bonds is 6. The molecule has 98 valence electrons. The number of halogens is 1. The van der Waals surface area contributed by atoms with E-state index in [2.05, 4.69) is 15.9 Å². The van der Waals surface area contributed by atoms with Crippen LogP contribution >= 0.6 is 15.9 Å². The summed E-state index contributed by atoms with van der Waals surface area (Å²) in [6.07, 6.45) is -0.181. The van der Waals surface area contributed by atoms with Gasteiger partial charge in [-0.15, -0.1) is 0 Å². The van der Waals surface area contributed by atoms with Gasteiger partial charge in [0, 0.05) is 10.0 Å². The van der Waals surface area contributed by atoms with Crippen molar-refractivity contribution in [1.29, 1.82) is 0 Å². The number of carbonyl (C=O) groups is 2. The number of esters is 1. The lowest BCUT2D eigenvalue weighted by Gasteiger charge is -2.11. The number of hydrogen-bond donors (Lipinski definition) is 1. The highest BCUT2D eigenvalue weighted by Crippen LogP contribution is 2.27. The second kappa shape index (κ2) is 7.00. The van der Waals surface area contributed by atoms with Gasteiger partial charge in [-0.05, 0) is 19.1 Å². The van der Waals surface area contributed by atoms with Gasteiger partial charge in [0.25, 0.3) is 0 Å². The molecule has 0 fully saturated rings. The number of aliphatic carboxylic acids is 1. The minimum Gasteiger partial charge on any atom is -0.482 e. The maximum atomic E-state index is 11.2. The molecule has 6 heteroatoms. The summed E-state index contributed by atoms with van der Waals surface area (Å²) in [5, 5.41) is 8.81. The highest BCUT2D eigenvalue weighted by atomic mass is 79.9. The Labute approximate surface area is 113 Å². The molecule has 1 rings (SSSR count). The SMILES string of the molecule is CCOC(=O)COc1cccc(Br)c1CC(=O)O. The van der Waals surface area contributed by atoms with Crippen LogP contribution in [0, 0.1) is 0 Å². The van der Waals surface area contributed by atoms with Crippen molar-refractivity contribution in [2.75, 3.05) is 13.2 Å². The monoisotopic (exact) mass is 316 g/mol. The zero-order valence-electron chi connectivity index (χ0n) is 9.81. The number of carboxylic acid groups (broad SMARTS) is 1. The number of carbonyl (C=O) groups excluding carboxylic acids is 1. The average Bonchev–Trinajstić information content (AvgIpc) is 2.30. The molecular weight excluding hydrogens is 304 g/mol. The van der Waals surface area contributed by atoms with E-state index in [4.69, 9.17) is 14.6 Å². The Morgan fingerprint density at radius 2 is 2.11 bits per heavy atom. The molecular formula is C12H13BrO5. The summed E-state index contributed by atoms with van der Waals surface area (Å²) in [6, 6.07) is 5.04. The van der Waals surface area contributed by atoms with Crippen molar-refractivity contribution < 1.29 is 24.2 Å². The molecule has 0 aliphatic heterocycles. The summed E-state index contributed by atoms with van der Waals surface area (Å²) >= 11 is 3.25. The van der Waals surface area contributed by atoms with Gasteiger partial charge in [-0.1, -0.05) is 22.0 Å². The fourth-order valence-electron chi connectivity index (χ4n) is 1.34. The van der Waals surface area contributed by atoms with Crippen LogP contribution in [0.15, 0.2) is 22.7 Å². The summed E-state index contributed by atoms with van der Waals surface area (Å²) in [7, 11) is 0. The molecule has 1 N–H and O–H groups in total. The first-order valence-electron chi connectivity index (χ1n) is 5.32. The first-order valence-corrected chi connectivity index (χ1v) is 6.11. The Morgan fingerprint density at radius 1 is 1.39 bits per heavy atom. The van der Waals surface area contributed by atoms with E-state index in [9.17, 15) is 9.59 Å². The minimum atomic E-state index is -0.970. The summed E-state index contributed by atoms with van der Waals surface area (Å²) in [4.78, 5) is 21.9. The molecule has 0 amide bonds. The van der Waals surface area contributed by atoms with Gasteiger partial charge in [0.15, 0.2) is 6.61 Å². The van der Waals surface area contributed by atoms with Crippen molar-refractivity contribution in [2.45, 2.75) is 13.3 Å². The maximum absolute atomic E-state index is 11.2. The Bertz CT molecular complexity index is 444. The zero-order chi connectivity index (χ0) is 13.5. The van der Waals surface area contributed by atoms with Crippen LogP contribution in [0.2, 0.25) is 0 Å². The molecule has 0 atom stereocenters. The second-order valence-electron chi connectivity index (χ2n) is 3.38. The third kappa shape index (κ3) is 4.37. The van der Waals surface area contributed by atoms with Crippen molar-refractivity contribution in [3.05, 3.63) is 28.2 Å². The van der Waals surface area contributed by atoms with Gasteiger partial charge in [-0.25, -0.2) is 4.79 Å². The Kier molecular flexibility index (Phi) is 5.64. The first kappa shape index (κ1) is 14.5.